The van der Waals surface area contributed by atoms with Gasteiger partial charge in [0.05, 0.1) is 13.7 Å². The van der Waals surface area contributed by atoms with Crippen LogP contribution in [0.2, 0.25) is 0 Å². The zero-order valence-electron chi connectivity index (χ0n) is 10.3. The third-order valence-corrected chi connectivity index (χ3v) is 2.62. The van der Waals surface area contributed by atoms with Crippen molar-refractivity contribution < 1.29 is 23.8 Å². The van der Waals surface area contributed by atoms with Crippen LogP contribution in [0.15, 0.2) is 34.7 Å². The highest BCUT2D eigenvalue weighted by Crippen LogP contribution is 2.18. The van der Waals surface area contributed by atoms with Gasteiger partial charge in [-0.25, -0.2) is 4.79 Å². The van der Waals surface area contributed by atoms with E-state index in [1.807, 2.05) is 6.07 Å². The summed E-state index contributed by atoms with van der Waals surface area (Å²) in [6, 6.07) is 7.61. The van der Waals surface area contributed by atoms with Crippen molar-refractivity contribution in [1.82, 2.24) is 5.32 Å². The summed E-state index contributed by atoms with van der Waals surface area (Å²) in [6.45, 7) is -0.543. The van der Waals surface area contributed by atoms with E-state index in [0.29, 0.717) is 5.58 Å². The molecule has 19 heavy (non-hydrogen) atoms. The van der Waals surface area contributed by atoms with E-state index < -0.39 is 24.5 Å². The molecular weight excluding hydrogens is 250 g/mol. The standard InChI is InChI=1S/C13H13NO5/c1-18-13(17)9(7-15)14-12(16)11-6-8-4-2-3-5-10(8)19-11/h2-6,9,15H,7H2,1H3,(H,14,16). The number of carbonyl (C=O) groups is 2. The molecule has 6 heteroatoms. The lowest BCUT2D eigenvalue weighted by Gasteiger charge is -2.12. The molecule has 0 saturated carbocycles. The van der Waals surface area contributed by atoms with E-state index in [9.17, 15) is 9.59 Å². The van der Waals surface area contributed by atoms with E-state index in [0.717, 1.165) is 5.39 Å². The molecule has 0 aliphatic rings. The number of methoxy groups -OCH3 is 1. The third kappa shape index (κ3) is 2.74. The zero-order chi connectivity index (χ0) is 13.8. The number of hydrogen-bond donors (Lipinski definition) is 2. The van der Waals surface area contributed by atoms with Crippen molar-refractivity contribution in [2.24, 2.45) is 0 Å². The monoisotopic (exact) mass is 263 g/mol. The second-order valence-electron chi connectivity index (χ2n) is 3.88. The number of nitrogens with one attached hydrogen (secondary N) is 1. The average Bonchev–Trinajstić information content (AvgIpc) is 2.87. The maximum absolute atomic E-state index is 11.9. The van der Waals surface area contributed by atoms with Gasteiger partial charge >= 0.3 is 5.97 Å². The highest BCUT2D eigenvalue weighted by Gasteiger charge is 2.22. The Kier molecular flexibility index (Phi) is 3.82. The summed E-state index contributed by atoms with van der Waals surface area (Å²) in [7, 11) is 1.18. The number of rotatable bonds is 4. The fourth-order valence-electron chi connectivity index (χ4n) is 1.64. The smallest absolute Gasteiger partial charge is 0.330 e. The normalized spacial score (nSPS) is 12.1. The number of hydrogen-bond acceptors (Lipinski definition) is 5. The van der Waals surface area contributed by atoms with Crippen LogP contribution in [-0.4, -0.2) is 36.7 Å². The van der Waals surface area contributed by atoms with Gasteiger partial charge in [-0.2, -0.15) is 0 Å². The predicted molar refractivity (Wildman–Crippen MR) is 66.6 cm³/mol. The third-order valence-electron chi connectivity index (χ3n) is 2.62. The second-order valence-corrected chi connectivity index (χ2v) is 3.88. The lowest BCUT2D eigenvalue weighted by Crippen LogP contribution is -2.43. The molecule has 1 aromatic heterocycles. The molecule has 1 heterocycles. The van der Waals surface area contributed by atoms with Gasteiger partial charge in [-0.05, 0) is 12.1 Å². The van der Waals surface area contributed by atoms with Gasteiger partial charge in [0, 0.05) is 5.39 Å². The molecule has 1 aromatic carbocycles. The summed E-state index contributed by atoms with van der Waals surface area (Å²) in [5.41, 5.74) is 0.575. The van der Waals surface area contributed by atoms with E-state index in [1.54, 1.807) is 24.3 Å². The van der Waals surface area contributed by atoms with Gasteiger partial charge in [0.1, 0.15) is 5.58 Å². The summed E-state index contributed by atoms with van der Waals surface area (Å²) in [5, 5.41) is 12.1. The summed E-state index contributed by atoms with van der Waals surface area (Å²) in [6.07, 6.45) is 0. The van der Waals surface area contributed by atoms with Crippen molar-refractivity contribution in [3.8, 4) is 0 Å². The number of aliphatic hydroxyl groups is 1. The molecule has 1 atom stereocenters. The molecule has 2 aromatic rings. The van der Waals surface area contributed by atoms with Crippen LogP contribution >= 0.6 is 0 Å². The molecule has 100 valence electrons. The highest BCUT2D eigenvalue weighted by molar-refractivity contribution is 5.98. The van der Waals surface area contributed by atoms with E-state index in [2.05, 4.69) is 10.1 Å². The Labute approximate surface area is 109 Å². The number of fused-ring (bicyclic) bond motifs is 1. The molecule has 0 aliphatic heterocycles. The van der Waals surface area contributed by atoms with Crippen LogP contribution in [0.5, 0.6) is 0 Å². The van der Waals surface area contributed by atoms with Crippen LogP contribution in [-0.2, 0) is 9.53 Å². The number of carbonyl (C=O) groups excluding carboxylic acids is 2. The minimum Gasteiger partial charge on any atom is -0.467 e. The van der Waals surface area contributed by atoms with Crippen molar-refractivity contribution in [2.75, 3.05) is 13.7 Å². The van der Waals surface area contributed by atoms with E-state index >= 15 is 0 Å². The molecule has 0 spiro atoms. The second kappa shape index (κ2) is 5.53. The lowest BCUT2D eigenvalue weighted by molar-refractivity contribution is -0.143. The number of benzene rings is 1. The fraction of sp³-hybridized carbons (Fsp3) is 0.231. The zero-order valence-corrected chi connectivity index (χ0v) is 10.3. The lowest BCUT2D eigenvalue weighted by atomic mass is 10.2. The van der Waals surface area contributed by atoms with Crippen LogP contribution in [0, 0.1) is 0 Å². The van der Waals surface area contributed by atoms with Crippen LogP contribution in [0.3, 0.4) is 0 Å². The molecule has 6 nitrogen and oxygen atoms in total. The largest absolute Gasteiger partial charge is 0.467 e. The Morgan fingerprint density at radius 1 is 1.42 bits per heavy atom. The number of ether oxygens (including phenoxy) is 1. The Morgan fingerprint density at radius 3 is 2.79 bits per heavy atom. The van der Waals surface area contributed by atoms with Crippen molar-refractivity contribution in [3.63, 3.8) is 0 Å². The molecular formula is C13H13NO5. The summed E-state index contributed by atoms with van der Waals surface area (Å²) in [5.74, 6) is -1.23. The number of aliphatic hydroxyl groups excluding tert-OH is 1. The summed E-state index contributed by atoms with van der Waals surface area (Å²) < 4.78 is 9.80. The molecule has 0 saturated heterocycles. The summed E-state index contributed by atoms with van der Waals surface area (Å²) >= 11 is 0. The first-order valence-electron chi connectivity index (χ1n) is 5.64. The molecule has 1 unspecified atom stereocenters. The van der Waals surface area contributed by atoms with Gasteiger partial charge in [0.15, 0.2) is 11.8 Å². The molecule has 1 amide bonds. The van der Waals surface area contributed by atoms with Gasteiger partial charge in [0.2, 0.25) is 0 Å². The number of furan rings is 1. The van der Waals surface area contributed by atoms with E-state index in [-0.39, 0.29) is 5.76 Å². The van der Waals surface area contributed by atoms with Gasteiger partial charge in [-0.1, -0.05) is 18.2 Å². The Morgan fingerprint density at radius 2 is 2.16 bits per heavy atom. The van der Waals surface area contributed by atoms with Crippen LogP contribution in [0.1, 0.15) is 10.6 Å². The topological polar surface area (TPSA) is 88.8 Å². The highest BCUT2D eigenvalue weighted by atomic mass is 16.5. The molecule has 2 N–H and O–H groups in total. The Hall–Kier alpha value is -2.34. The van der Waals surface area contributed by atoms with Gasteiger partial charge in [0.25, 0.3) is 5.91 Å². The van der Waals surface area contributed by atoms with Gasteiger partial charge < -0.3 is 19.6 Å². The van der Waals surface area contributed by atoms with Crippen molar-refractivity contribution in [3.05, 3.63) is 36.1 Å². The fourth-order valence-corrected chi connectivity index (χ4v) is 1.64. The molecule has 0 bridgehead atoms. The van der Waals surface area contributed by atoms with Crippen molar-refractivity contribution in [1.29, 1.82) is 0 Å². The van der Waals surface area contributed by atoms with E-state index in [1.165, 1.54) is 7.11 Å². The maximum atomic E-state index is 11.9. The predicted octanol–water partition coefficient (Wildman–Crippen LogP) is 0.696. The molecule has 2 rings (SSSR count). The first kappa shape index (κ1) is 13.1. The van der Waals surface area contributed by atoms with Gasteiger partial charge in [-0.3, -0.25) is 4.79 Å². The van der Waals surface area contributed by atoms with Crippen LogP contribution < -0.4 is 5.32 Å². The first-order chi connectivity index (χ1) is 9.15. The molecule has 0 radical (unpaired) electrons. The van der Waals surface area contributed by atoms with Crippen LogP contribution in [0.25, 0.3) is 11.0 Å². The van der Waals surface area contributed by atoms with Crippen molar-refractivity contribution in [2.45, 2.75) is 6.04 Å². The summed E-state index contributed by atoms with van der Waals surface area (Å²) in [4.78, 5) is 23.1. The SMILES string of the molecule is COC(=O)C(CO)NC(=O)c1cc2ccccc2o1. The number of para-hydroxylation sites is 1. The molecule has 0 fully saturated rings. The Bertz CT molecular complexity index is 571. The number of amides is 1. The van der Waals surface area contributed by atoms with Crippen molar-refractivity contribution >= 4 is 22.8 Å². The minimum atomic E-state index is -1.11. The Balaban J connectivity index is 2.17. The molecule has 0 aliphatic carbocycles. The average molecular weight is 263 g/mol. The maximum Gasteiger partial charge on any atom is 0.330 e. The van der Waals surface area contributed by atoms with Gasteiger partial charge in [-0.15, -0.1) is 0 Å². The first-order valence-corrected chi connectivity index (χ1v) is 5.64. The minimum absolute atomic E-state index is 0.0727. The quantitative estimate of drug-likeness (QED) is 0.792. The number of esters is 1. The van der Waals surface area contributed by atoms with E-state index in [4.69, 9.17) is 9.52 Å². The van der Waals surface area contributed by atoms with Crippen LogP contribution in [0.4, 0.5) is 0 Å².